The molecule has 0 aliphatic heterocycles. The SMILES string of the molecule is Cc1ccc(Br)cc1NS(=O)(=O)c1c(N)ncn1C. The Kier molecular flexibility index (Phi) is 3.55. The highest BCUT2D eigenvalue weighted by Gasteiger charge is 2.23. The second-order valence-electron chi connectivity index (χ2n) is 4.11. The van der Waals surface area contributed by atoms with Gasteiger partial charge in [-0.25, -0.2) is 4.98 Å². The van der Waals surface area contributed by atoms with Gasteiger partial charge in [0.25, 0.3) is 10.0 Å². The van der Waals surface area contributed by atoms with E-state index in [0.29, 0.717) is 5.69 Å². The summed E-state index contributed by atoms with van der Waals surface area (Å²) >= 11 is 3.30. The first-order chi connectivity index (χ1) is 8.81. The monoisotopic (exact) mass is 344 g/mol. The number of nitrogens with zero attached hydrogens (tertiary/aromatic N) is 2. The maximum absolute atomic E-state index is 12.3. The third-order valence-electron chi connectivity index (χ3n) is 2.61. The van der Waals surface area contributed by atoms with E-state index in [-0.39, 0.29) is 10.8 Å². The first-order valence-electron chi connectivity index (χ1n) is 5.37. The summed E-state index contributed by atoms with van der Waals surface area (Å²) in [7, 11) is -2.19. The molecule has 0 unspecified atom stereocenters. The van der Waals surface area contributed by atoms with Gasteiger partial charge in [0.2, 0.25) is 0 Å². The minimum atomic E-state index is -3.77. The Hall–Kier alpha value is -1.54. The highest BCUT2D eigenvalue weighted by molar-refractivity contribution is 9.10. The van der Waals surface area contributed by atoms with Gasteiger partial charge in [0.05, 0.1) is 12.0 Å². The van der Waals surface area contributed by atoms with Crippen molar-refractivity contribution in [3.05, 3.63) is 34.6 Å². The fourth-order valence-corrected chi connectivity index (χ4v) is 3.38. The fourth-order valence-electron chi connectivity index (χ4n) is 1.66. The van der Waals surface area contributed by atoms with Crippen molar-refractivity contribution in [2.75, 3.05) is 10.5 Å². The Morgan fingerprint density at radius 3 is 2.68 bits per heavy atom. The van der Waals surface area contributed by atoms with Crippen molar-refractivity contribution in [2.45, 2.75) is 11.9 Å². The van der Waals surface area contributed by atoms with Crippen LogP contribution < -0.4 is 10.5 Å². The largest absolute Gasteiger partial charge is 0.381 e. The lowest BCUT2D eigenvalue weighted by Gasteiger charge is -2.11. The summed E-state index contributed by atoms with van der Waals surface area (Å²) in [6.07, 6.45) is 1.36. The molecular formula is C11H13BrN4O2S. The number of imidazole rings is 1. The summed E-state index contributed by atoms with van der Waals surface area (Å²) in [5, 5.41) is -0.0492. The molecular weight excluding hydrogens is 332 g/mol. The van der Waals surface area contributed by atoms with Crippen LogP contribution in [0.2, 0.25) is 0 Å². The van der Waals surface area contributed by atoms with Crippen LogP contribution in [0.4, 0.5) is 11.5 Å². The standard InChI is InChI=1S/C11H13BrN4O2S/c1-7-3-4-8(12)5-9(7)15-19(17,18)11-10(13)14-6-16(11)2/h3-6,15H,13H2,1-2H3. The van der Waals surface area contributed by atoms with E-state index in [1.807, 2.05) is 19.1 Å². The number of aromatic nitrogens is 2. The molecule has 19 heavy (non-hydrogen) atoms. The van der Waals surface area contributed by atoms with Crippen molar-refractivity contribution in [1.82, 2.24) is 9.55 Å². The van der Waals surface area contributed by atoms with E-state index in [4.69, 9.17) is 5.73 Å². The lowest BCUT2D eigenvalue weighted by Crippen LogP contribution is -2.18. The van der Waals surface area contributed by atoms with Crippen LogP contribution in [0.1, 0.15) is 5.56 Å². The second kappa shape index (κ2) is 4.86. The number of halogens is 1. The zero-order valence-electron chi connectivity index (χ0n) is 10.4. The Morgan fingerprint density at radius 2 is 2.11 bits per heavy atom. The number of benzene rings is 1. The van der Waals surface area contributed by atoms with Crippen molar-refractivity contribution in [3.8, 4) is 0 Å². The summed E-state index contributed by atoms with van der Waals surface area (Å²) in [5.41, 5.74) is 6.90. The van der Waals surface area contributed by atoms with Gasteiger partial charge < -0.3 is 10.3 Å². The molecule has 102 valence electrons. The number of hydrogen-bond donors (Lipinski definition) is 2. The predicted molar refractivity (Wildman–Crippen MR) is 77.3 cm³/mol. The van der Waals surface area contributed by atoms with E-state index in [0.717, 1.165) is 10.0 Å². The van der Waals surface area contributed by atoms with E-state index in [1.165, 1.54) is 10.9 Å². The first-order valence-corrected chi connectivity index (χ1v) is 7.64. The quantitative estimate of drug-likeness (QED) is 0.889. The van der Waals surface area contributed by atoms with E-state index in [9.17, 15) is 8.42 Å². The third-order valence-corrected chi connectivity index (χ3v) is 4.60. The van der Waals surface area contributed by atoms with Crippen LogP contribution >= 0.6 is 15.9 Å². The Balaban J connectivity index is 2.45. The summed E-state index contributed by atoms with van der Waals surface area (Å²) < 4.78 is 29.3. The lowest BCUT2D eigenvalue weighted by molar-refractivity contribution is 0.592. The zero-order valence-corrected chi connectivity index (χ0v) is 12.8. The Labute approximate surface area is 119 Å². The van der Waals surface area contributed by atoms with Crippen LogP contribution in [0.25, 0.3) is 0 Å². The maximum Gasteiger partial charge on any atom is 0.281 e. The number of sulfonamides is 1. The average Bonchev–Trinajstić information content (AvgIpc) is 2.64. The minimum absolute atomic E-state index is 0.0253. The van der Waals surface area contributed by atoms with Gasteiger partial charge in [-0.1, -0.05) is 22.0 Å². The average molecular weight is 345 g/mol. The van der Waals surface area contributed by atoms with Gasteiger partial charge in [-0.15, -0.1) is 0 Å². The smallest absolute Gasteiger partial charge is 0.281 e. The maximum atomic E-state index is 12.3. The number of hydrogen-bond acceptors (Lipinski definition) is 4. The fraction of sp³-hybridized carbons (Fsp3) is 0.182. The molecule has 0 fully saturated rings. The van der Waals surface area contributed by atoms with Crippen LogP contribution in [0.3, 0.4) is 0 Å². The molecule has 0 atom stereocenters. The number of nitrogens with one attached hydrogen (secondary N) is 1. The van der Waals surface area contributed by atoms with E-state index >= 15 is 0 Å². The van der Waals surface area contributed by atoms with Crippen molar-refractivity contribution in [3.63, 3.8) is 0 Å². The van der Waals surface area contributed by atoms with Crippen LogP contribution in [0.15, 0.2) is 34.0 Å². The van der Waals surface area contributed by atoms with E-state index in [1.54, 1.807) is 13.1 Å². The van der Waals surface area contributed by atoms with Crippen molar-refractivity contribution < 1.29 is 8.42 Å². The molecule has 2 aromatic rings. The van der Waals surface area contributed by atoms with Gasteiger partial charge in [-0.2, -0.15) is 8.42 Å². The Bertz CT molecular complexity index is 705. The highest BCUT2D eigenvalue weighted by atomic mass is 79.9. The first kappa shape index (κ1) is 13.9. The number of nitrogen functional groups attached to an aromatic ring is 1. The van der Waals surface area contributed by atoms with E-state index in [2.05, 4.69) is 25.6 Å². The topological polar surface area (TPSA) is 90.0 Å². The molecule has 0 amide bonds. The molecule has 2 rings (SSSR count). The van der Waals surface area contributed by atoms with Gasteiger partial charge >= 0.3 is 0 Å². The summed E-state index contributed by atoms with van der Waals surface area (Å²) in [4.78, 5) is 3.78. The van der Waals surface area contributed by atoms with Crippen LogP contribution in [0.5, 0.6) is 0 Å². The van der Waals surface area contributed by atoms with E-state index < -0.39 is 10.0 Å². The molecule has 0 spiro atoms. The van der Waals surface area contributed by atoms with Crippen molar-refractivity contribution >= 4 is 37.5 Å². The predicted octanol–water partition coefficient (Wildman–Crippen LogP) is 1.87. The Morgan fingerprint density at radius 1 is 1.42 bits per heavy atom. The molecule has 8 heteroatoms. The van der Waals surface area contributed by atoms with Gasteiger partial charge in [-0.05, 0) is 24.6 Å². The number of rotatable bonds is 3. The normalized spacial score (nSPS) is 11.5. The second-order valence-corrected chi connectivity index (χ2v) is 6.62. The molecule has 0 aliphatic rings. The molecule has 0 saturated carbocycles. The van der Waals surface area contributed by atoms with Crippen LogP contribution in [0, 0.1) is 6.92 Å². The van der Waals surface area contributed by atoms with Crippen LogP contribution in [-0.2, 0) is 17.1 Å². The van der Waals surface area contributed by atoms with Crippen LogP contribution in [-0.4, -0.2) is 18.0 Å². The van der Waals surface area contributed by atoms with Gasteiger partial charge in [0, 0.05) is 11.5 Å². The highest BCUT2D eigenvalue weighted by Crippen LogP contribution is 2.25. The third kappa shape index (κ3) is 2.74. The summed E-state index contributed by atoms with van der Waals surface area (Å²) in [6, 6.07) is 5.35. The summed E-state index contributed by atoms with van der Waals surface area (Å²) in [6.45, 7) is 1.82. The van der Waals surface area contributed by atoms with Gasteiger partial charge in [0.15, 0.2) is 10.8 Å². The number of nitrogens with two attached hydrogens (primary N) is 1. The van der Waals surface area contributed by atoms with Gasteiger partial charge in [-0.3, -0.25) is 4.72 Å². The van der Waals surface area contributed by atoms with Crippen molar-refractivity contribution in [2.24, 2.45) is 7.05 Å². The summed E-state index contributed by atoms with van der Waals surface area (Å²) in [5.74, 6) is -0.0253. The molecule has 3 N–H and O–H groups in total. The molecule has 0 saturated heterocycles. The molecule has 1 aromatic carbocycles. The zero-order chi connectivity index (χ0) is 14.2. The molecule has 1 heterocycles. The number of aryl methyl sites for hydroxylation is 2. The minimum Gasteiger partial charge on any atom is -0.381 e. The van der Waals surface area contributed by atoms with Crippen molar-refractivity contribution in [1.29, 1.82) is 0 Å². The molecule has 0 radical (unpaired) electrons. The number of anilines is 2. The molecule has 0 aliphatic carbocycles. The molecule has 6 nitrogen and oxygen atoms in total. The molecule has 0 bridgehead atoms. The molecule has 1 aromatic heterocycles. The van der Waals surface area contributed by atoms with Gasteiger partial charge in [0.1, 0.15) is 0 Å². The lowest BCUT2D eigenvalue weighted by atomic mass is 10.2.